The topological polar surface area (TPSA) is 17.0 Å². The van der Waals surface area contributed by atoms with Gasteiger partial charge in [0.15, 0.2) is 0 Å². The fourth-order valence-electron chi connectivity index (χ4n) is 3.68. The number of fused-ring (bicyclic) bond motifs is 1. The molecule has 1 N–H and O–H groups in total. The van der Waals surface area contributed by atoms with Crippen molar-refractivity contribution in [3.05, 3.63) is 71.2 Å². The molecule has 0 aliphatic carbocycles. The molecule has 26 heavy (non-hydrogen) atoms. The zero-order valence-electron chi connectivity index (χ0n) is 16.4. The van der Waals surface area contributed by atoms with Gasteiger partial charge < -0.3 is 9.88 Å². The van der Waals surface area contributed by atoms with Crippen molar-refractivity contribution in [2.45, 2.75) is 45.6 Å². The van der Waals surface area contributed by atoms with Gasteiger partial charge in [-0.3, -0.25) is 0 Å². The third kappa shape index (κ3) is 3.68. The first-order valence-corrected chi connectivity index (χ1v) is 9.33. The first-order chi connectivity index (χ1) is 12.3. The third-order valence-corrected chi connectivity index (χ3v) is 5.03. The summed E-state index contributed by atoms with van der Waals surface area (Å²) in [6.07, 6.45) is 3.18. The molecule has 0 aliphatic rings. The zero-order valence-corrected chi connectivity index (χ0v) is 16.4. The van der Waals surface area contributed by atoms with Crippen LogP contribution in [0, 0.1) is 12.7 Å². The van der Waals surface area contributed by atoms with Crippen LogP contribution in [0.15, 0.2) is 48.7 Å². The van der Waals surface area contributed by atoms with Crippen molar-refractivity contribution in [1.82, 2.24) is 9.88 Å². The molecule has 0 saturated carbocycles. The Bertz CT molecular complexity index is 902. The van der Waals surface area contributed by atoms with E-state index in [1.165, 1.54) is 28.1 Å². The Morgan fingerprint density at radius 2 is 1.88 bits per heavy atom. The molecule has 1 aromatic heterocycles. The monoisotopic (exact) mass is 352 g/mol. The molecule has 1 unspecified atom stereocenters. The van der Waals surface area contributed by atoms with Crippen molar-refractivity contribution >= 4 is 10.9 Å². The molecule has 0 aliphatic heterocycles. The highest BCUT2D eigenvalue weighted by atomic mass is 19.1. The minimum atomic E-state index is -0.180. The van der Waals surface area contributed by atoms with Gasteiger partial charge in [0.1, 0.15) is 5.82 Å². The van der Waals surface area contributed by atoms with Crippen molar-refractivity contribution in [3.63, 3.8) is 0 Å². The van der Waals surface area contributed by atoms with Crippen molar-refractivity contribution < 1.29 is 4.39 Å². The summed E-state index contributed by atoms with van der Waals surface area (Å²) in [4.78, 5) is 0. The van der Waals surface area contributed by atoms with Gasteiger partial charge in [0.05, 0.1) is 6.04 Å². The van der Waals surface area contributed by atoms with Crippen LogP contribution in [0.1, 0.15) is 49.9 Å². The molecule has 3 aromatic rings. The summed E-state index contributed by atoms with van der Waals surface area (Å²) >= 11 is 0. The van der Waals surface area contributed by atoms with E-state index in [1.807, 2.05) is 13.1 Å². The van der Waals surface area contributed by atoms with E-state index in [0.29, 0.717) is 0 Å². The fraction of sp³-hybridized carbons (Fsp3) is 0.391. The second kappa shape index (κ2) is 7.24. The molecule has 0 amide bonds. The van der Waals surface area contributed by atoms with Gasteiger partial charge in [-0.2, -0.15) is 0 Å². The molecule has 0 saturated heterocycles. The third-order valence-electron chi connectivity index (χ3n) is 5.03. The molecule has 3 rings (SSSR count). The summed E-state index contributed by atoms with van der Waals surface area (Å²) in [6.45, 7) is 9.74. The fourth-order valence-corrected chi connectivity index (χ4v) is 3.68. The highest BCUT2D eigenvalue weighted by Crippen LogP contribution is 2.36. The largest absolute Gasteiger partial charge is 0.340 e. The summed E-state index contributed by atoms with van der Waals surface area (Å²) in [5.41, 5.74) is 4.86. The van der Waals surface area contributed by atoms with Crippen LogP contribution in [0.4, 0.5) is 4.39 Å². The maximum Gasteiger partial charge on any atom is 0.123 e. The van der Waals surface area contributed by atoms with Gasteiger partial charge in [-0.05, 0) is 67.2 Å². The summed E-state index contributed by atoms with van der Waals surface area (Å²) in [5, 5.41) is 4.53. The lowest BCUT2D eigenvalue weighted by atomic mass is 9.87. The van der Waals surface area contributed by atoms with E-state index in [2.05, 4.69) is 62.0 Å². The predicted molar refractivity (Wildman–Crippen MR) is 108 cm³/mol. The Morgan fingerprint density at radius 1 is 1.12 bits per heavy atom. The van der Waals surface area contributed by atoms with Crippen LogP contribution in [-0.4, -0.2) is 18.2 Å². The average molecular weight is 352 g/mol. The number of nitrogens with zero attached hydrogens (tertiary/aromatic N) is 1. The first kappa shape index (κ1) is 18.7. The van der Waals surface area contributed by atoms with E-state index < -0.39 is 0 Å². The van der Waals surface area contributed by atoms with Gasteiger partial charge in [0.25, 0.3) is 0 Å². The van der Waals surface area contributed by atoms with E-state index in [9.17, 15) is 4.39 Å². The molecule has 2 aromatic carbocycles. The van der Waals surface area contributed by atoms with E-state index in [-0.39, 0.29) is 17.3 Å². The molecular weight excluding hydrogens is 323 g/mol. The van der Waals surface area contributed by atoms with Crippen molar-refractivity contribution in [3.8, 4) is 0 Å². The Morgan fingerprint density at radius 3 is 2.54 bits per heavy atom. The normalized spacial score (nSPS) is 13.3. The van der Waals surface area contributed by atoms with Crippen LogP contribution >= 0.6 is 0 Å². The standard InChI is InChI=1S/C23H29FN2/c1-16-9-10-19-20(23(2,3)4)15-26(22(19)13-16)21(11-12-25-5)17-7-6-8-18(24)14-17/h6-10,13-15,21,25H,11-12H2,1-5H3. The Balaban J connectivity index is 2.23. The van der Waals surface area contributed by atoms with Crippen LogP contribution in [0.25, 0.3) is 10.9 Å². The lowest BCUT2D eigenvalue weighted by Crippen LogP contribution is -2.18. The minimum absolute atomic E-state index is 0.0499. The SMILES string of the molecule is CNCCC(c1cccc(F)c1)n1cc(C(C)(C)C)c2ccc(C)cc21. The van der Waals surface area contributed by atoms with Crippen LogP contribution in [0.3, 0.4) is 0 Å². The Hall–Kier alpha value is -2.13. The number of aromatic nitrogens is 1. The Labute approximate surface area is 156 Å². The van der Waals surface area contributed by atoms with E-state index in [0.717, 1.165) is 18.5 Å². The summed E-state index contributed by atoms with van der Waals surface area (Å²) in [6, 6.07) is 13.8. The van der Waals surface area contributed by atoms with Gasteiger partial charge in [-0.1, -0.05) is 45.0 Å². The lowest BCUT2D eigenvalue weighted by molar-refractivity contribution is 0.526. The average Bonchev–Trinajstić information content (AvgIpc) is 2.94. The number of nitrogens with one attached hydrogen (secondary N) is 1. The van der Waals surface area contributed by atoms with Crippen LogP contribution < -0.4 is 5.32 Å². The molecule has 3 heteroatoms. The molecule has 0 spiro atoms. The molecule has 0 bridgehead atoms. The van der Waals surface area contributed by atoms with Gasteiger partial charge in [0.2, 0.25) is 0 Å². The summed E-state index contributed by atoms with van der Waals surface area (Å²) in [5.74, 6) is -0.180. The van der Waals surface area contributed by atoms with Crippen molar-refractivity contribution in [2.24, 2.45) is 0 Å². The molecule has 2 nitrogen and oxygen atoms in total. The molecule has 1 atom stereocenters. The first-order valence-electron chi connectivity index (χ1n) is 9.33. The van der Waals surface area contributed by atoms with Crippen LogP contribution in [0.2, 0.25) is 0 Å². The number of benzene rings is 2. The quantitative estimate of drug-likeness (QED) is 0.634. The minimum Gasteiger partial charge on any atom is -0.340 e. The molecule has 0 radical (unpaired) electrons. The molecule has 1 heterocycles. The predicted octanol–water partition coefficient (Wildman–Crippen LogP) is 5.59. The number of hydrogen-bond donors (Lipinski definition) is 1. The van der Waals surface area contributed by atoms with Crippen molar-refractivity contribution in [1.29, 1.82) is 0 Å². The van der Waals surface area contributed by atoms with E-state index >= 15 is 0 Å². The number of halogens is 1. The number of aryl methyl sites for hydroxylation is 1. The molecule has 0 fully saturated rings. The maximum atomic E-state index is 13.9. The molecular formula is C23H29FN2. The van der Waals surface area contributed by atoms with E-state index in [1.54, 1.807) is 12.1 Å². The second-order valence-electron chi connectivity index (χ2n) is 8.18. The van der Waals surface area contributed by atoms with Gasteiger partial charge in [0, 0.05) is 17.1 Å². The highest BCUT2D eigenvalue weighted by molar-refractivity contribution is 5.86. The Kier molecular flexibility index (Phi) is 5.19. The summed E-state index contributed by atoms with van der Waals surface area (Å²) < 4.78 is 16.3. The van der Waals surface area contributed by atoms with Gasteiger partial charge in [-0.15, -0.1) is 0 Å². The molecule has 138 valence electrons. The number of hydrogen-bond acceptors (Lipinski definition) is 1. The van der Waals surface area contributed by atoms with Gasteiger partial charge in [-0.25, -0.2) is 4.39 Å². The highest BCUT2D eigenvalue weighted by Gasteiger charge is 2.24. The second-order valence-corrected chi connectivity index (χ2v) is 8.18. The lowest BCUT2D eigenvalue weighted by Gasteiger charge is -2.22. The van der Waals surface area contributed by atoms with Gasteiger partial charge >= 0.3 is 0 Å². The maximum absolute atomic E-state index is 13.9. The van der Waals surface area contributed by atoms with Crippen molar-refractivity contribution in [2.75, 3.05) is 13.6 Å². The van der Waals surface area contributed by atoms with Crippen LogP contribution in [-0.2, 0) is 5.41 Å². The summed E-state index contributed by atoms with van der Waals surface area (Å²) in [7, 11) is 1.96. The zero-order chi connectivity index (χ0) is 18.9. The number of rotatable bonds is 5. The van der Waals surface area contributed by atoms with E-state index in [4.69, 9.17) is 0 Å². The smallest absolute Gasteiger partial charge is 0.123 e. The van der Waals surface area contributed by atoms with Crippen LogP contribution in [0.5, 0.6) is 0 Å².